The third-order valence-corrected chi connectivity index (χ3v) is 4.16. The molecule has 3 rings (SSSR count). The first-order chi connectivity index (χ1) is 10.5. The van der Waals surface area contributed by atoms with E-state index in [4.69, 9.17) is 23.2 Å². The van der Waals surface area contributed by atoms with Crippen LogP contribution in [0.5, 0.6) is 0 Å². The van der Waals surface area contributed by atoms with Crippen LogP contribution >= 0.6 is 23.2 Å². The lowest BCUT2D eigenvalue weighted by molar-refractivity contribution is 0.0947. The van der Waals surface area contributed by atoms with Crippen molar-refractivity contribution in [3.63, 3.8) is 0 Å². The van der Waals surface area contributed by atoms with Gasteiger partial charge in [-0.15, -0.1) is 0 Å². The fourth-order valence-corrected chi connectivity index (χ4v) is 2.57. The van der Waals surface area contributed by atoms with Gasteiger partial charge in [-0.1, -0.05) is 35.3 Å². The second kappa shape index (κ2) is 5.99. The molecule has 3 nitrogen and oxygen atoms in total. The lowest BCUT2D eigenvalue weighted by Crippen LogP contribution is -2.23. The van der Waals surface area contributed by atoms with Gasteiger partial charge in [0, 0.05) is 17.4 Å². The Labute approximate surface area is 136 Å². The van der Waals surface area contributed by atoms with Crippen LogP contribution in [0.3, 0.4) is 0 Å². The van der Waals surface area contributed by atoms with E-state index in [2.05, 4.69) is 10.3 Å². The van der Waals surface area contributed by atoms with Gasteiger partial charge in [-0.05, 0) is 35.9 Å². The van der Waals surface area contributed by atoms with Crippen molar-refractivity contribution in [3.05, 3.63) is 69.6 Å². The number of amides is 1. The first-order valence-electron chi connectivity index (χ1n) is 6.54. The number of benzene rings is 2. The van der Waals surface area contributed by atoms with Crippen molar-refractivity contribution < 1.29 is 9.18 Å². The van der Waals surface area contributed by atoms with E-state index < -0.39 is 0 Å². The van der Waals surface area contributed by atoms with Gasteiger partial charge >= 0.3 is 0 Å². The van der Waals surface area contributed by atoms with Crippen molar-refractivity contribution >= 4 is 40.0 Å². The Morgan fingerprint density at radius 2 is 2.00 bits per heavy atom. The molecule has 2 N–H and O–H groups in total. The lowest BCUT2D eigenvalue weighted by Gasteiger charge is -2.07. The number of hydrogen-bond acceptors (Lipinski definition) is 1. The van der Waals surface area contributed by atoms with Crippen molar-refractivity contribution in [1.82, 2.24) is 10.3 Å². The number of halogens is 3. The molecule has 0 aliphatic heterocycles. The monoisotopic (exact) mass is 336 g/mol. The Balaban J connectivity index is 1.77. The molecule has 0 radical (unpaired) electrons. The normalized spacial score (nSPS) is 10.9. The summed E-state index contributed by atoms with van der Waals surface area (Å²) in [4.78, 5) is 15.1. The highest BCUT2D eigenvalue weighted by Crippen LogP contribution is 2.25. The smallest absolute Gasteiger partial charge is 0.267 e. The van der Waals surface area contributed by atoms with Crippen LogP contribution in [0, 0.1) is 5.82 Å². The summed E-state index contributed by atoms with van der Waals surface area (Å²) in [6, 6.07) is 11.1. The molecule has 0 saturated carbocycles. The largest absolute Gasteiger partial charge is 0.351 e. The average molecular weight is 337 g/mol. The topological polar surface area (TPSA) is 44.9 Å². The minimum Gasteiger partial charge on any atom is -0.351 e. The zero-order chi connectivity index (χ0) is 15.7. The number of aromatic nitrogens is 1. The maximum absolute atomic E-state index is 13.2. The third-order valence-electron chi connectivity index (χ3n) is 3.30. The van der Waals surface area contributed by atoms with E-state index >= 15 is 0 Å². The Morgan fingerprint density at radius 3 is 2.82 bits per heavy atom. The first kappa shape index (κ1) is 14.9. The molecule has 0 aliphatic rings. The zero-order valence-corrected chi connectivity index (χ0v) is 12.8. The van der Waals surface area contributed by atoms with Crippen LogP contribution in [-0.4, -0.2) is 10.9 Å². The number of rotatable bonds is 3. The van der Waals surface area contributed by atoms with Crippen LogP contribution in [0.4, 0.5) is 4.39 Å². The molecule has 22 heavy (non-hydrogen) atoms. The minimum atomic E-state index is -0.343. The molecule has 0 bridgehead atoms. The highest BCUT2D eigenvalue weighted by Gasteiger charge is 2.11. The van der Waals surface area contributed by atoms with E-state index in [0.29, 0.717) is 26.6 Å². The number of carbonyl (C=O) groups is 1. The van der Waals surface area contributed by atoms with E-state index in [1.165, 1.54) is 12.1 Å². The molecule has 1 amide bonds. The van der Waals surface area contributed by atoms with Gasteiger partial charge in [0.15, 0.2) is 0 Å². The number of hydrogen-bond donors (Lipinski definition) is 2. The van der Waals surface area contributed by atoms with E-state index in [1.807, 2.05) is 0 Å². The number of carbonyl (C=O) groups excluding carboxylic acids is 1. The number of H-pyrrole nitrogens is 1. The Kier molecular flexibility index (Phi) is 4.05. The van der Waals surface area contributed by atoms with Gasteiger partial charge in [0.05, 0.1) is 10.0 Å². The molecular formula is C16H11Cl2FN2O. The molecular weight excluding hydrogens is 326 g/mol. The first-order valence-corrected chi connectivity index (χ1v) is 7.29. The molecule has 2 aromatic carbocycles. The molecule has 0 unspecified atom stereocenters. The van der Waals surface area contributed by atoms with Crippen LogP contribution in [-0.2, 0) is 6.54 Å². The molecule has 1 heterocycles. The summed E-state index contributed by atoms with van der Waals surface area (Å²) in [6.07, 6.45) is 0. The number of aromatic amines is 1. The van der Waals surface area contributed by atoms with Gasteiger partial charge in [-0.3, -0.25) is 4.79 Å². The SMILES string of the molecule is O=C(NCc1cccc(Cl)c1Cl)c1cc2cc(F)ccc2[nH]1. The molecule has 0 aliphatic carbocycles. The minimum absolute atomic E-state index is 0.252. The summed E-state index contributed by atoms with van der Waals surface area (Å²) >= 11 is 12.0. The van der Waals surface area contributed by atoms with Gasteiger partial charge in [0.1, 0.15) is 11.5 Å². The predicted molar refractivity (Wildman–Crippen MR) is 85.9 cm³/mol. The van der Waals surface area contributed by atoms with Crippen LogP contribution in [0.1, 0.15) is 16.1 Å². The van der Waals surface area contributed by atoms with Crippen LogP contribution in [0.25, 0.3) is 10.9 Å². The number of fused-ring (bicyclic) bond motifs is 1. The molecule has 3 aromatic rings. The summed E-state index contributed by atoms with van der Waals surface area (Å²) in [5.74, 6) is -0.642. The van der Waals surface area contributed by atoms with Crippen molar-refractivity contribution in [1.29, 1.82) is 0 Å². The highest BCUT2D eigenvalue weighted by atomic mass is 35.5. The zero-order valence-electron chi connectivity index (χ0n) is 11.3. The second-order valence-corrected chi connectivity index (χ2v) is 5.60. The summed E-state index contributed by atoms with van der Waals surface area (Å²) in [5, 5.41) is 4.26. The standard InChI is InChI=1S/C16H11Cl2FN2O/c17-12-3-1-2-9(15(12)18)8-20-16(22)14-7-10-6-11(19)4-5-13(10)21-14/h1-7,21H,8H2,(H,20,22). The Hall–Kier alpha value is -2.04. The predicted octanol–water partition coefficient (Wildman–Crippen LogP) is 4.54. The van der Waals surface area contributed by atoms with Crippen molar-refractivity contribution in [2.45, 2.75) is 6.54 Å². The molecule has 0 atom stereocenters. The van der Waals surface area contributed by atoms with Crippen LogP contribution < -0.4 is 5.32 Å². The molecule has 0 spiro atoms. The van der Waals surface area contributed by atoms with Gasteiger partial charge < -0.3 is 10.3 Å². The van der Waals surface area contributed by atoms with Gasteiger partial charge in [0.2, 0.25) is 0 Å². The fourth-order valence-electron chi connectivity index (χ4n) is 2.18. The van der Waals surface area contributed by atoms with Crippen molar-refractivity contribution in [3.8, 4) is 0 Å². The summed E-state index contributed by atoms with van der Waals surface area (Å²) in [5.41, 5.74) is 1.79. The maximum atomic E-state index is 13.2. The average Bonchev–Trinajstić information content (AvgIpc) is 2.91. The van der Waals surface area contributed by atoms with Gasteiger partial charge in [0.25, 0.3) is 5.91 Å². The van der Waals surface area contributed by atoms with E-state index in [9.17, 15) is 9.18 Å². The molecule has 0 saturated heterocycles. The third kappa shape index (κ3) is 2.93. The lowest BCUT2D eigenvalue weighted by atomic mass is 10.2. The number of nitrogens with one attached hydrogen (secondary N) is 2. The summed E-state index contributed by atoms with van der Waals surface area (Å²) in [7, 11) is 0. The summed E-state index contributed by atoms with van der Waals surface area (Å²) in [6.45, 7) is 0.252. The molecule has 112 valence electrons. The van der Waals surface area contributed by atoms with Crippen LogP contribution in [0.15, 0.2) is 42.5 Å². The Morgan fingerprint density at radius 1 is 1.18 bits per heavy atom. The van der Waals surface area contributed by atoms with Crippen molar-refractivity contribution in [2.24, 2.45) is 0 Å². The molecule has 0 fully saturated rings. The quantitative estimate of drug-likeness (QED) is 0.724. The highest BCUT2D eigenvalue weighted by molar-refractivity contribution is 6.42. The van der Waals surface area contributed by atoms with E-state index in [-0.39, 0.29) is 18.3 Å². The van der Waals surface area contributed by atoms with E-state index in [1.54, 1.807) is 30.3 Å². The van der Waals surface area contributed by atoms with Gasteiger partial charge in [-0.2, -0.15) is 0 Å². The van der Waals surface area contributed by atoms with Crippen molar-refractivity contribution in [2.75, 3.05) is 0 Å². The van der Waals surface area contributed by atoms with Crippen LogP contribution in [0.2, 0.25) is 10.0 Å². The van der Waals surface area contributed by atoms with Gasteiger partial charge in [-0.25, -0.2) is 4.39 Å². The Bertz CT molecular complexity index is 860. The molecule has 1 aromatic heterocycles. The van der Waals surface area contributed by atoms with E-state index in [0.717, 1.165) is 5.56 Å². The second-order valence-electron chi connectivity index (χ2n) is 4.81. The molecule has 6 heteroatoms. The maximum Gasteiger partial charge on any atom is 0.267 e. The summed E-state index contributed by atoms with van der Waals surface area (Å²) < 4.78 is 13.2. The fraction of sp³-hybridized carbons (Fsp3) is 0.0625.